The summed E-state index contributed by atoms with van der Waals surface area (Å²) < 4.78 is 49.7. The van der Waals surface area contributed by atoms with Crippen LogP contribution in [0, 0.1) is 11.8 Å². The maximum atomic E-state index is 12.9. The SMILES string of the molecule is C[C@H]1C(O)C[C@@H](OC(=O)c2ccc(-c3ccccc3)cc2)[C@@H]1/C=C/[C@@H](O)COc1cccc(C(F)(F)F)c1. The molecule has 5 nitrogen and oxygen atoms in total. The molecule has 4 rings (SSSR count). The van der Waals surface area contributed by atoms with Gasteiger partial charge in [0.25, 0.3) is 0 Å². The molecule has 1 aliphatic rings. The van der Waals surface area contributed by atoms with Crippen LogP contribution >= 0.6 is 0 Å². The first-order chi connectivity index (χ1) is 18.1. The van der Waals surface area contributed by atoms with E-state index in [4.69, 9.17) is 9.47 Å². The molecule has 5 atom stereocenters. The zero-order valence-corrected chi connectivity index (χ0v) is 20.7. The van der Waals surface area contributed by atoms with E-state index in [2.05, 4.69) is 0 Å². The zero-order valence-electron chi connectivity index (χ0n) is 20.7. The van der Waals surface area contributed by atoms with Crippen molar-refractivity contribution >= 4 is 5.97 Å². The summed E-state index contributed by atoms with van der Waals surface area (Å²) in [6.45, 7) is 1.56. The van der Waals surface area contributed by atoms with Crippen molar-refractivity contribution in [3.63, 3.8) is 0 Å². The highest BCUT2D eigenvalue weighted by Crippen LogP contribution is 2.36. The van der Waals surface area contributed by atoms with Crippen molar-refractivity contribution in [2.45, 2.75) is 37.8 Å². The number of aliphatic hydroxyl groups excluding tert-OH is 2. The van der Waals surface area contributed by atoms with Crippen LogP contribution in [0.15, 0.2) is 91.0 Å². The van der Waals surface area contributed by atoms with E-state index in [0.29, 0.717) is 5.56 Å². The summed E-state index contributed by atoms with van der Waals surface area (Å²) in [5, 5.41) is 20.7. The summed E-state index contributed by atoms with van der Waals surface area (Å²) in [6.07, 6.45) is -3.54. The van der Waals surface area contributed by atoms with Crippen LogP contribution < -0.4 is 4.74 Å². The van der Waals surface area contributed by atoms with Crippen LogP contribution in [0.3, 0.4) is 0 Å². The van der Waals surface area contributed by atoms with Crippen molar-refractivity contribution in [1.29, 1.82) is 0 Å². The Morgan fingerprint density at radius 1 is 1.03 bits per heavy atom. The van der Waals surface area contributed by atoms with E-state index >= 15 is 0 Å². The standard InChI is InChI=1S/C30H29F3O5/c1-19-26(15-14-24(34)18-37-25-9-5-8-23(16-25)30(31,32)33)28(17-27(19)35)38-29(36)22-12-10-21(11-13-22)20-6-3-2-4-7-20/h2-16,19,24,26-28,34-35H,17-18H2,1H3/b15-14+/t19-,24-,26-,27?,28-/m1/s1. The Balaban J connectivity index is 1.36. The van der Waals surface area contributed by atoms with Gasteiger partial charge in [-0.2, -0.15) is 13.2 Å². The molecule has 0 radical (unpaired) electrons. The second-order valence-electron chi connectivity index (χ2n) is 9.42. The molecule has 8 heteroatoms. The van der Waals surface area contributed by atoms with Gasteiger partial charge in [0, 0.05) is 12.3 Å². The highest BCUT2D eigenvalue weighted by atomic mass is 19.4. The number of ether oxygens (including phenoxy) is 2. The largest absolute Gasteiger partial charge is 0.491 e. The number of carbonyl (C=O) groups excluding carboxylic acids is 1. The molecule has 1 saturated carbocycles. The van der Waals surface area contributed by atoms with Gasteiger partial charge in [-0.15, -0.1) is 0 Å². The van der Waals surface area contributed by atoms with E-state index < -0.39 is 36.0 Å². The van der Waals surface area contributed by atoms with Crippen LogP contribution in [0.4, 0.5) is 13.2 Å². The molecule has 0 aliphatic heterocycles. The van der Waals surface area contributed by atoms with Gasteiger partial charge in [0.15, 0.2) is 0 Å². The molecule has 1 unspecified atom stereocenters. The lowest BCUT2D eigenvalue weighted by Gasteiger charge is -2.20. The van der Waals surface area contributed by atoms with Crippen molar-refractivity contribution in [2.75, 3.05) is 6.61 Å². The monoisotopic (exact) mass is 526 g/mol. The van der Waals surface area contributed by atoms with E-state index in [0.717, 1.165) is 23.3 Å². The zero-order chi connectivity index (χ0) is 27.3. The second-order valence-corrected chi connectivity index (χ2v) is 9.42. The summed E-state index contributed by atoms with van der Waals surface area (Å²) in [5.74, 6) is -1.12. The first kappa shape index (κ1) is 27.4. The Labute approximate surface area is 219 Å². The van der Waals surface area contributed by atoms with E-state index in [1.54, 1.807) is 18.2 Å². The molecule has 0 saturated heterocycles. The van der Waals surface area contributed by atoms with Crippen LogP contribution in [0.2, 0.25) is 0 Å². The minimum Gasteiger partial charge on any atom is -0.491 e. The van der Waals surface area contributed by atoms with Crippen LogP contribution in [0.25, 0.3) is 11.1 Å². The highest BCUT2D eigenvalue weighted by molar-refractivity contribution is 5.90. The molecule has 0 heterocycles. The highest BCUT2D eigenvalue weighted by Gasteiger charge is 2.41. The summed E-state index contributed by atoms with van der Waals surface area (Å²) in [4.78, 5) is 12.8. The number of hydrogen-bond donors (Lipinski definition) is 2. The summed E-state index contributed by atoms with van der Waals surface area (Å²) in [7, 11) is 0. The maximum Gasteiger partial charge on any atom is 0.416 e. The summed E-state index contributed by atoms with van der Waals surface area (Å²) in [5.41, 5.74) is 1.54. The molecular weight excluding hydrogens is 497 g/mol. The number of hydrogen-bond acceptors (Lipinski definition) is 5. The van der Waals surface area contributed by atoms with Crippen LogP contribution in [-0.2, 0) is 10.9 Å². The van der Waals surface area contributed by atoms with Crippen molar-refractivity contribution < 1.29 is 37.7 Å². The van der Waals surface area contributed by atoms with Gasteiger partial charge < -0.3 is 19.7 Å². The van der Waals surface area contributed by atoms with Crippen LogP contribution in [0.5, 0.6) is 5.75 Å². The number of aliphatic hydroxyl groups is 2. The van der Waals surface area contributed by atoms with Gasteiger partial charge in [0.2, 0.25) is 0 Å². The lowest BCUT2D eigenvalue weighted by atomic mass is 9.94. The lowest BCUT2D eigenvalue weighted by Crippen LogP contribution is -2.24. The Hall–Kier alpha value is -3.62. The van der Waals surface area contributed by atoms with Crippen molar-refractivity contribution in [3.8, 4) is 16.9 Å². The smallest absolute Gasteiger partial charge is 0.416 e. The van der Waals surface area contributed by atoms with Gasteiger partial charge >= 0.3 is 12.1 Å². The molecule has 0 spiro atoms. The molecule has 38 heavy (non-hydrogen) atoms. The van der Waals surface area contributed by atoms with Crippen LogP contribution in [-0.4, -0.2) is 41.1 Å². The molecular formula is C30H29F3O5. The van der Waals surface area contributed by atoms with Gasteiger partial charge in [0.1, 0.15) is 24.6 Å². The number of halogens is 3. The van der Waals surface area contributed by atoms with Crippen LogP contribution in [0.1, 0.15) is 29.3 Å². The minimum atomic E-state index is -4.49. The molecule has 0 amide bonds. The molecule has 0 aromatic heterocycles. The fourth-order valence-corrected chi connectivity index (χ4v) is 4.52. The quantitative estimate of drug-likeness (QED) is 0.282. The Morgan fingerprint density at radius 3 is 2.39 bits per heavy atom. The topological polar surface area (TPSA) is 76.0 Å². The fourth-order valence-electron chi connectivity index (χ4n) is 4.52. The number of rotatable bonds is 8. The molecule has 2 N–H and O–H groups in total. The number of carbonyl (C=O) groups is 1. The first-order valence-electron chi connectivity index (χ1n) is 12.3. The predicted octanol–water partition coefficient (Wildman–Crippen LogP) is 5.91. The normalized spacial score (nSPS) is 22.4. The average molecular weight is 527 g/mol. The minimum absolute atomic E-state index is 0.0120. The van der Waals surface area contributed by atoms with E-state index in [1.165, 1.54) is 18.2 Å². The molecule has 3 aromatic carbocycles. The van der Waals surface area contributed by atoms with Crippen molar-refractivity contribution in [3.05, 3.63) is 102 Å². The average Bonchev–Trinajstić information content (AvgIpc) is 3.18. The van der Waals surface area contributed by atoms with E-state index in [-0.39, 0.29) is 30.6 Å². The lowest BCUT2D eigenvalue weighted by molar-refractivity contribution is -0.137. The van der Waals surface area contributed by atoms with E-state index in [9.17, 15) is 28.2 Å². The van der Waals surface area contributed by atoms with Gasteiger partial charge in [0.05, 0.1) is 17.2 Å². The Morgan fingerprint density at radius 2 is 1.71 bits per heavy atom. The summed E-state index contributed by atoms with van der Waals surface area (Å²) >= 11 is 0. The third kappa shape index (κ3) is 6.82. The predicted molar refractivity (Wildman–Crippen MR) is 136 cm³/mol. The molecule has 0 bridgehead atoms. The number of alkyl halides is 3. The molecule has 200 valence electrons. The number of esters is 1. The van der Waals surface area contributed by atoms with Gasteiger partial charge in [-0.05, 0) is 47.4 Å². The molecule has 1 fully saturated rings. The second kappa shape index (κ2) is 11.8. The summed E-state index contributed by atoms with van der Waals surface area (Å²) in [6, 6.07) is 21.2. The molecule has 1 aliphatic carbocycles. The van der Waals surface area contributed by atoms with Gasteiger partial charge in [-0.3, -0.25) is 0 Å². The van der Waals surface area contributed by atoms with Gasteiger partial charge in [-0.1, -0.05) is 67.6 Å². The third-order valence-electron chi connectivity index (χ3n) is 6.74. The number of benzene rings is 3. The Bertz CT molecular complexity index is 1240. The van der Waals surface area contributed by atoms with Gasteiger partial charge in [-0.25, -0.2) is 4.79 Å². The molecule has 3 aromatic rings. The first-order valence-corrected chi connectivity index (χ1v) is 12.3. The fraction of sp³-hybridized carbons (Fsp3) is 0.300. The van der Waals surface area contributed by atoms with E-state index in [1.807, 2.05) is 49.4 Å². The van der Waals surface area contributed by atoms with Crippen molar-refractivity contribution in [2.24, 2.45) is 11.8 Å². The van der Waals surface area contributed by atoms with Crippen molar-refractivity contribution in [1.82, 2.24) is 0 Å². The Kier molecular flexibility index (Phi) is 8.54. The third-order valence-corrected chi connectivity index (χ3v) is 6.74. The maximum absolute atomic E-state index is 12.9.